The number of benzene rings is 2. The summed E-state index contributed by atoms with van der Waals surface area (Å²) in [5.74, 6) is -0.379. The van der Waals surface area contributed by atoms with Crippen LogP contribution in [0.25, 0.3) is 10.9 Å². The smallest absolute Gasteiger partial charge is 0.261 e. The highest BCUT2D eigenvalue weighted by molar-refractivity contribution is 6.21. The Kier molecular flexibility index (Phi) is 4.18. The van der Waals surface area contributed by atoms with Crippen LogP contribution in [0.3, 0.4) is 0 Å². The largest absolute Gasteiger partial charge is 0.361 e. The molecule has 2 unspecified atom stereocenters. The van der Waals surface area contributed by atoms with Crippen LogP contribution in [-0.2, 0) is 0 Å². The number of rotatable bonds is 3. The van der Waals surface area contributed by atoms with Crippen LogP contribution in [0.2, 0.25) is 0 Å². The van der Waals surface area contributed by atoms with Crippen molar-refractivity contribution in [2.24, 2.45) is 0 Å². The maximum atomic E-state index is 12.9. The Bertz CT molecular complexity index is 1100. The van der Waals surface area contributed by atoms with Gasteiger partial charge in [0.15, 0.2) is 0 Å². The summed E-state index contributed by atoms with van der Waals surface area (Å²) < 4.78 is 0. The zero-order chi connectivity index (χ0) is 20.3. The quantitative estimate of drug-likeness (QED) is 0.642. The minimum atomic E-state index is -0.243. The summed E-state index contributed by atoms with van der Waals surface area (Å²) in [6.45, 7) is 12.7. The van der Waals surface area contributed by atoms with E-state index in [4.69, 9.17) is 0 Å². The van der Waals surface area contributed by atoms with Crippen molar-refractivity contribution in [3.05, 3.63) is 69.4 Å². The molecular formula is C24H26N2O2. The Hall–Kier alpha value is -2.88. The fourth-order valence-electron chi connectivity index (χ4n) is 4.50. The first-order chi connectivity index (χ1) is 13.3. The van der Waals surface area contributed by atoms with Gasteiger partial charge in [-0.2, -0.15) is 0 Å². The topological polar surface area (TPSA) is 53.2 Å². The van der Waals surface area contributed by atoms with Crippen molar-refractivity contribution in [1.82, 2.24) is 9.88 Å². The van der Waals surface area contributed by atoms with Gasteiger partial charge in [0, 0.05) is 29.1 Å². The number of H-pyrrole nitrogens is 1. The molecule has 4 rings (SSSR count). The monoisotopic (exact) mass is 374 g/mol. The molecule has 0 fully saturated rings. The molecule has 0 saturated carbocycles. The van der Waals surface area contributed by atoms with Gasteiger partial charge in [-0.1, -0.05) is 19.1 Å². The number of aromatic amines is 1. The van der Waals surface area contributed by atoms with Gasteiger partial charge in [0.2, 0.25) is 0 Å². The van der Waals surface area contributed by atoms with Gasteiger partial charge in [0.25, 0.3) is 11.8 Å². The van der Waals surface area contributed by atoms with E-state index >= 15 is 0 Å². The second kappa shape index (κ2) is 6.33. The van der Waals surface area contributed by atoms with Gasteiger partial charge in [-0.15, -0.1) is 0 Å². The molecule has 2 heterocycles. The van der Waals surface area contributed by atoms with E-state index in [0.29, 0.717) is 11.1 Å². The molecule has 0 radical (unpaired) electrons. The molecule has 0 saturated heterocycles. The summed E-state index contributed by atoms with van der Waals surface area (Å²) in [6.07, 6.45) is 2.04. The number of amides is 2. The van der Waals surface area contributed by atoms with Crippen molar-refractivity contribution in [2.45, 2.75) is 53.5 Å². The number of carbonyl (C=O) groups is 2. The number of imide groups is 1. The van der Waals surface area contributed by atoms with Crippen molar-refractivity contribution in [1.29, 1.82) is 0 Å². The molecule has 2 amide bonds. The maximum Gasteiger partial charge on any atom is 0.261 e. The number of hydrogen-bond acceptors (Lipinski definition) is 2. The van der Waals surface area contributed by atoms with E-state index in [2.05, 4.69) is 39.6 Å². The lowest BCUT2D eigenvalue weighted by Gasteiger charge is -2.28. The van der Waals surface area contributed by atoms with Crippen LogP contribution < -0.4 is 0 Å². The van der Waals surface area contributed by atoms with Gasteiger partial charge in [-0.05, 0) is 74.6 Å². The first kappa shape index (κ1) is 18.5. The van der Waals surface area contributed by atoms with Crippen molar-refractivity contribution in [2.75, 3.05) is 0 Å². The summed E-state index contributed by atoms with van der Waals surface area (Å²) in [4.78, 5) is 30.7. The van der Waals surface area contributed by atoms with Crippen LogP contribution in [-0.4, -0.2) is 27.7 Å². The lowest BCUT2D eigenvalue weighted by Crippen LogP contribution is -2.40. The zero-order valence-electron chi connectivity index (χ0n) is 17.3. The normalized spacial score (nSPS) is 16.0. The number of aryl methyl sites for hydroxylation is 2. The van der Waals surface area contributed by atoms with Crippen molar-refractivity contribution < 1.29 is 9.59 Å². The van der Waals surface area contributed by atoms with Gasteiger partial charge in [0.05, 0.1) is 11.1 Å². The van der Waals surface area contributed by atoms with Crippen LogP contribution in [0.4, 0.5) is 0 Å². The van der Waals surface area contributed by atoms with Crippen molar-refractivity contribution >= 4 is 22.7 Å². The lowest BCUT2D eigenvalue weighted by atomic mass is 9.88. The Morgan fingerprint density at radius 2 is 1.36 bits per heavy atom. The first-order valence-corrected chi connectivity index (χ1v) is 9.80. The van der Waals surface area contributed by atoms with Crippen LogP contribution in [0, 0.1) is 27.7 Å². The summed E-state index contributed by atoms with van der Waals surface area (Å²) in [6, 6.07) is 6.83. The predicted octanol–water partition coefficient (Wildman–Crippen LogP) is 5.19. The summed E-state index contributed by atoms with van der Waals surface area (Å²) >= 11 is 0. The van der Waals surface area contributed by atoms with Crippen LogP contribution >= 0.6 is 0 Å². The maximum absolute atomic E-state index is 12.9. The highest BCUT2D eigenvalue weighted by Gasteiger charge is 2.40. The molecule has 1 aliphatic heterocycles. The van der Waals surface area contributed by atoms with Gasteiger partial charge < -0.3 is 4.98 Å². The molecule has 1 aromatic heterocycles. The first-order valence-electron chi connectivity index (χ1n) is 9.80. The molecule has 2 aromatic carbocycles. The van der Waals surface area contributed by atoms with Crippen LogP contribution in [0.15, 0.2) is 30.5 Å². The lowest BCUT2D eigenvalue weighted by molar-refractivity contribution is 0.0579. The highest BCUT2D eigenvalue weighted by atomic mass is 16.2. The second-order valence-electron chi connectivity index (χ2n) is 8.05. The van der Waals surface area contributed by atoms with Gasteiger partial charge in [-0.25, -0.2) is 0 Å². The third-order valence-corrected chi connectivity index (χ3v) is 6.80. The molecule has 4 nitrogen and oxygen atoms in total. The second-order valence-corrected chi connectivity index (χ2v) is 8.05. The Balaban J connectivity index is 1.78. The summed E-state index contributed by atoms with van der Waals surface area (Å²) in [7, 11) is 0. The van der Waals surface area contributed by atoms with E-state index in [1.54, 1.807) is 24.3 Å². The Labute approximate surface area is 165 Å². The van der Waals surface area contributed by atoms with E-state index in [-0.39, 0.29) is 23.8 Å². The highest BCUT2D eigenvalue weighted by Crippen LogP contribution is 2.37. The molecule has 0 bridgehead atoms. The third kappa shape index (κ3) is 2.37. The third-order valence-electron chi connectivity index (χ3n) is 6.80. The van der Waals surface area contributed by atoms with Gasteiger partial charge in [0.1, 0.15) is 0 Å². The number of aromatic nitrogens is 1. The molecule has 4 heteroatoms. The van der Waals surface area contributed by atoms with E-state index in [1.807, 2.05) is 13.1 Å². The summed E-state index contributed by atoms with van der Waals surface area (Å²) in [5.41, 5.74) is 8.43. The zero-order valence-corrected chi connectivity index (χ0v) is 17.3. The van der Waals surface area contributed by atoms with Crippen LogP contribution in [0.5, 0.6) is 0 Å². The SMILES string of the molecule is Cc1c(C)c(C)c2c(C(C)C(C)N3C(=O)c4ccccc4C3=O)c[nH]c2c1C. The number of fused-ring (bicyclic) bond motifs is 2. The average molecular weight is 374 g/mol. The molecule has 0 spiro atoms. The van der Waals surface area contributed by atoms with Crippen LogP contribution in [0.1, 0.15) is 68.3 Å². The number of hydrogen-bond donors (Lipinski definition) is 1. The van der Waals surface area contributed by atoms with E-state index < -0.39 is 0 Å². The van der Waals surface area contributed by atoms with E-state index in [9.17, 15) is 9.59 Å². The predicted molar refractivity (Wildman–Crippen MR) is 112 cm³/mol. The standard InChI is InChI=1S/C24H26N2O2/c1-12-13(2)15(4)22-21(14(12)3)20(11-25-22)16(5)17(6)26-23(27)18-9-7-8-10-19(18)24(26)28/h7-11,16-17,25H,1-6H3. The van der Waals surface area contributed by atoms with E-state index in [1.165, 1.54) is 32.5 Å². The minimum absolute atomic E-state index is 0.0103. The number of carbonyl (C=O) groups excluding carboxylic acids is 2. The van der Waals surface area contributed by atoms with Gasteiger partial charge in [-0.3, -0.25) is 14.5 Å². The molecule has 2 atom stereocenters. The molecule has 28 heavy (non-hydrogen) atoms. The Morgan fingerprint density at radius 1 is 0.821 bits per heavy atom. The average Bonchev–Trinajstić information content (AvgIpc) is 3.24. The number of nitrogens with one attached hydrogen (secondary N) is 1. The fourth-order valence-corrected chi connectivity index (χ4v) is 4.50. The van der Waals surface area contributed by atoms with Gasteiger partial charge >= 0.3 is 0 Å². The fraction of sp³-hybridized carbons (Fsp3) is 0.333. The number of nitrogens with zero attached hydrogens (tertiary/aromatic N) is 1. The Morgan fingerprint density at radius 3 is 1.93 bits per heavy atom. The summed E-state index contributed by atoms with van der Waals surface area (Å²) in [5, 5.41) is 1.22. The van der Waals surface area contributed by atoms with Crippen molar-refractivity contribution in [3.8, 4) is 0 Å². The van der Waals surface area contributed by atoms with Crippen molar-refractivity contribution in [3.63, 3.8) is 0 Å². The molecular weight excluding hydrogens is 348 g/mol. The minimum Gasteiger partial charge on any atom is -0.361 e. The molecule has 144 valence electrons. The van der Waals surface area contributed by atoms with E-state index in [0.717, 1.165) is 11.1 Å². The molecule has 1 aliphatic rings. The molecule has 1 N–H and O–H groups in total. The molecule has 3 aromatic rings. The molecule has 0 aliphatic carbocycles.